The first kappa shape index (κ1) is 26.2. The molecule has 3 aromatic rings. The lowest BCUT2D eigenvalue weighted by molar-refractivity contribution is -0.145. The number of ether oxygens (including phenoxy) is 2. The van der Waals surface area contributed by atoms with Crippen molar-refractivity contribution in [2.24, 2.45) is 5.73 Å². The highest BCUT2D eigenvalue weighted by molar-refractivity contribution is 5.71. The SMILES string of the molecule is CCCCN(Cc1ccc(OCC(=O)OCC)c(C)c1)c1ncnc(-c2ccc(CN)cc2)c1C. The maximum Gasteiger partial charge on any atom is 0.344 e. The van der Waals surface area contributed by atoms with E-state index in [0.29, 0.717) is 25.4 Å². The molecule has 7 nitrogen and oxygen atoms in total. The molecule has 1 heterocycles. The van der Waals surface area contributed by atoms with Crippen LogP contribution >= 0.6 is 0 Å². The summed E-state index contributed by atoms with van der Waals surface area (Å²) in [6, 6.07) is 14.3. The second-order valence-electron chi connectivity index (χ2n) is 8.54. The number of nitrogens with zero attached hydrogens (tertiary/aromatic N) is 3. The quantitative estimate of drug-likeness (QED) is 0.369. The number of hydrogen-bond acceptors (Lipinski definition) is 7. The van der Waals surface area contributed by atoms with Crippen molar-refractivity contribution in [3.8, 4) is 17.0 Å². The minimum atomic E-state index is -0.366. The van der Waals surface area contributed by atoms with Crippen LogP contribution in [0.5, 0.6) is 5.75 Å². The Morgan fingerprint density at radius 2 is 1.77 bits per heavy atom. The molecule has 0 amide bonds. The number of unbranched alkanes of at least 4 members (excludes halogenated alkanes) is 1. The van der Waals surface area contributed by atoms with E-state index in [1.165, 1.54) is 0 Å². The van der Waals surface area contributed by atoms with E-state index in [0.717, 1.165) is 58.7 Å². The molecular weight excluding hydrogens is 440 g/mol. The van der Waals surface area contributed by atoms with Gasteiger partial charge in [-0.05, 0) is 49.9 Å². The highest BCUT2D eigenvalue weighted by atomic mass is 16.6. The molecule has 0 bridgehead atoms. The van der Waals surface area contributed by atoms with Gasteiger partial charge < -0.3 is 20.1 Å². The van der Waals surface area contributed by atoms with E-state index in [1.807, 2.05) is 31.2 Å². The van der Waals surface area contributed by atoms with Crippen LogP contribution in [0.2, 0.25) is 0 Å². The molecule has 0 aliphatic carbocycles. The van der Waals surface area contributed by atoms with Gasteiger partial charge in [-0.1, -0.05) is 49.7 Å². The highest BCUT2D eigenvalue weighted by Gasteiger charge is 2.16. The molecule has 0 unspecified atom stereocenters. The Labute approximate surface area is 208 Å². The molecule has 0 aliphatic heterocycles. The molecule has 35 heavy (non-hydrogen) atoms. The van der Waals surface area contributed by atoms with Crippen molar-refractivity contribution in [1.29, 1.82) is 0 Å². The molecular formula is C28H36N4O3. The molecule has 0 aliphatic rings. The van der Waals surface area contributed by atoms with E-state index in [9.17, 15) is 4.79 Å². The molecule has 0 saturated heterocycles. The molecule has 7 heteroatoms. The Bertz CT molecular complexity index is 1120. The second-order valence-corrected chi connectivity index (χ2v) is 8.54. The largest absolute Gasteiger partial charge is 0.482 e. The van der Waals surface area contributed by atoms with Crippen molar-refractivity contribution in [1.82, 2.24) is 9.97 Å². The molecule has 0 fully saturated rings. The van der Waals surface area contributed by atoms with Gasteiger partial charge in [0.25, 0.3) is 0 Å². The summed E-state index contributed by atoms with van der Waals surface area (Å²) in [5.41, 5.74) is 12.0. The molecule has 0 radical (unpaired) electrons. The summed E-state index contributed by atoms with van der Waals surface area (Å²) in [7, 11) is 0. The van der Waals surface area contributed by atoms with E-state index in [4.69, 9.17) is 15.2 Å². The van der Waals surface area contributed by atoms with E-state index < -0.39 is 0 Å². The first-order valence-corrected chi connectivity index (χ1v) is 12.2. The van der Waals surface area contributed by atoms with Gasteiger partial charge in [0.05, 0.1) is 12.3 Å². The predicted octanol–water partition coefficient (Wildman–Crippen LogP) is 4.97. The van der Waals surface area contributed by atoms with Crippen molar-refractivity contribution in [3.63, 3.8) is 0 Å². The van der Waals surface area contributed by atoms with Crippen molar-refractivity contribution in [3.05, 3.63) is 71.0 Å². The monoisotopic (exact) mass is 476 g/mol. The molecule has 1 aromatic heterocycles. The smallest absolute Gasteiger partial charge is 0.344 e. The third kappa shape index (κ3) is 7.02. The average Bonchev–Trinajstić information content (AvgIpc) is 2.86. The fourth-order valence-electron chi connectivity index (χ4n) is 3.99. The Balaban J connectivity index is 1.83. The van der Waals surface area contributed by atoms with Crippen LogP contribution < -0.4 is 15.4 Å². The number of rotatable bonds is 12. The third-order valence-electron chi connectivity index (χ3n) is 5.87. The first-order valence-electron chi connectivity index (χ1n) is 12.2. The molecule has 186 valence electrons. The number of anilines is 1. The lowest BCUT2D eigenvalue weighted by Crippen LogP contribution is -2.26. The number of aromatic nitrogens is 2. The third-order valence-corrected chi connectivity index (χ3v) is 5.87. The van der Waals surface area contributed by atoms with Crippen molar-refractivity contribution < 1.29 is 14.3 Å². The summed E-state index contributed by atoms with van der Waals surface area (Å²) in [5.74, 6) is 1.25. The average molecular weight is 477 g/mol. The van der Waals surface area contributed by atoms with Gasteiger partial charge in [0, 0.05) is 30.8 Å². The number of carbonyl (C=O) groups excluding carboxylic acids is 1. The van der Waals surface area contributed by atoms with E-state index >= 15 is 0 Å². The van der Waals surface area contributed by atoms with Gasteiger partial charge in [-0.15, -0.1) is 0 Å². The summed E-state index contributed by atoms with van der Waals surface area (Å²) in [4.78, 5) is 23.2. The highest BCUT2D eigenvalue weighted by Crippen LogP contribution is 2.29. The number of carbonyl (C=O) groups is 1. The van der Waals surface area contributed by atoms with Gasteiger partial charge in [0.2, 0.25) is 0 Å². The predicted molar refractivity (Wildman–Crippen MR) is 139 cm³/mol. The Morgan fingerprint density at radius 1 is 1.03 bits per heavy atom. The normalized spacial score (nSPS) is 10.8. The van der Waals surface area contributed by atoms with Crippen molar-refractivity contribution in [2.75, 3.05) is 24.7 Å². The van der Waals surface area contributed by atoms with E-state index in [-0.39, 0.29) is 12.6 Å². The Hall–Kier alpha value is -3.45. The zero-order valence-electron chi connectivity index (χ0n) is 21.2. The molecule has 2 aromatic carbocycles. The number of hydrogen-bond donors (Lipinski definition) is 1. The fourth-order valence-corrected chi connectivity index (χ4v) is 3.99. The molecule has 0 atom stereocenters. The van der Waals surface area contributed by atoms with Gasteiger partial charge in [-0.3, -0.25) is 0 Å². The van der Waals surface area contributed by atoms with E-state index in [1.54, 1.807) is 13.3 Å². The van der Waals surface area contributed by atoms with Gasteiger partial charge in [-0.25, -0.2) is 14.8 Å². The molecule has 0 spiro atoms. The second kappa shape index (κ2) is 12.9. The Morgan fingerprint density at radius 3 is 2.43 bits per heavy atom. The van der Waals surface area contributed by atoms with Crippen LogP contribution in [-0.2, 0) is 22.6 Å². The van der Waals surface area contributed by atoms with Gasteiger partial charge >= 0.3 is 5.97 Å². The van der Waals surface area contributed by atoms with Crippen LogP contribution in [0.25, 0.3) is 11.3 Å². The minimum absolute atomic E-state index is 0.0915. The van der Waals surface area contributed by atoms with Crippen molar-refractivity contribution >= 4 is 11.8 Å². The fraction of sp³-hybridized carbons (Fsp3) is 0.393. The summed E-state index contributed by atoms with van der Waals surface area (Å²) >= 11 is 0. The number of nitrogens with two attached hydrogens (primary N) is 1. The molecule has 2 N–H and O–H groups in total. The lowest BCUT2D eigenvalue weighted by Gasteiger charge is -2.26. The maximum atomic E-state index is 11.6. The van der Waals surface area contributed by atoms with Crippen LogP contribution in [0.3, 0.4) is 0 Å². The van der Waals surface area contributed by atoms with Crippen molar-refractivity contribution in [2.45, 2.75) is 53.6 Å². The standard InChI is InChI=1S/C28H36N4O3/c1-5-7-14-32(17-23-10-13-25(20(3)15-23)35-18-26(33)34-6-2)28-21(4)27(30-19-31-28)24-11-8-22(16-29)9-12-24/h8-13,15,19H,5-7,14,16-18,29H2,1-4H3. The minimum Gasteiger partial charge on any atom is -0.482 e. The number of benzene rings is 2. The molecule has 3 rings (SSSR count). The summed E-state index contributed by atoms with van der Waals surface area (Å²) in [6.45, 7) is 10.4. The zero-order valence-corrected chi connectivity index (χ0v) is 21.2. The van der Waals surface area contributed by atoms with Crippen LogP contribution in [0.4, 0.5) is 5.82 Å². The van der Waals surface area contributed by atoms with Gasteiger partial charge in [-0.2, -0.15) is 0 Å². The first-order chi connectivity index (χ1) is 17.0. The number of esters is 1. The van der Waals surface area contributed by atoms with E-state index in [2.05, 4.69) is 46.9 Å². The summed E-state index contributed by atoms with van der Waals surface area (Å²) in [5, 5.41) is 0. The zero-order chi connectivity index (χ0) is 25.2. The van der Waals surface area contributed by atoms with Crippen LogP contribution in [0.1, 0.15) is 48.9 Å². The summed E-state index contributed by atoms with van der Waals surface area (Å²) in [6.07, 6.45) is 3.79. The van der Waals surface area contributed by atoms with Crippen LogP contribution in [0.15, 0.2) is 48.8 Å². The van der Waals surface area contributed by atoms with Crippen LogP contribution in [-0.4, -0.2) is 35.7 Å². The lowest BCUT2D eigenvalue weighted by atomic mass is 10.0. The topological polar surface area (TPSA) is 90.6 Å². The maximum absolute atomic E-state index is 11.6. The van der Waals surface area contributed by atoms with Gasteiger partial charge in [0.1, 0.15) is 17.9 Å². The van der Waals surface area contributed by atoms with Crippen LogP contribution in [0, 0.1) is 13.8 Å². The Kier molecular flexibility index (Phi) is 9.61. The molecule has 0 saturated carbocycles. The summed E-state index contributed by atoms with van der Waals surface area (Å²) < 4.78 is 10.6. The van der Waals surface area contributed by atoms with Gasteiger partial charge in [0.15, 0.2) is 6.61 Å². The number of aryl methyl sites for hydroxylation is 1.